The number of fused-ring (bicyclic) bond motifs is 1. The molecule has 2 aromatic carbocycles. The van der Waals surface area contributed by atoms with Crippen LogP contribution in [0.4, 0.5) is 5.82 Å². The molecule has 0 aliphatic carbocycles. The summed E-state index contributed by atoms with van der Waals surface area (Å²) in [6.07, 6.45) is 1.91. The van der Waals surface area contributed by atoms with Gasteiger partial charge >= 0.3 is 0 Å². The lowest BCUT2D eigenvalue weighted by atomic mass is 9.95. The molecular weight excluding hydrogens is 350 g/mol. The summed E-state index contributed by atoms with van der Waals surface area (Å²) in [4.78, 5) is 6.78. The van der Waals surface area contributed by atoms with Crippen LogP contribution < -0.4 is 19.8 Å². The Morgan fingerprint density at radius 2 is 1.71 bits per heavy atom. The van der Waals surface area contributed by atoms with Gasteiger partial charge in [0.2, 0.25) is 0 Å². The molecule has 0 radical (unpaired) electrons. The lowest BCUT2D eigenvalue weighted by Crippen LogP contribution is -2.19. The third kappa shape index (κ3) is 3.27. The predicted molar refractivity (Wildman–Crippen MR) is 111 cm³/mol. The second-order valence-electron chi connectivity index (χ2n) is 6.68. The summed E-state index contributed by atoms with van der Waals surface area (Å²) in [6.45, 7) is 2.11. The summed E-state index contributed by atoms with van der Waals surface area (Å²) in [5, 5.41) is 4.84. The molecule has 0 spiro atoms. The minimum atomic E-state index is -0.0744. The zero-order valence-electron chi connectivity index (χ0n) is 16.2. The van der Waals surface area contributed by atoms with Crippen LogP contribution in [0.3, 0.4) is 0 Å². The number of hydrogen-bond donors (Lipinski definition) is 2. The lowest BCUT2D eigenvalue weighted by Gasteiger charge is -2.18. The zero-order chi connectivity index (χ0) is 19.5. The summed E-state index contributed by atoms with van der Waals surface area (Å²) < 4.78 is 11.0. The Kier molecular flexibility index (Phi) is 4.89. The molecule has 4 aromatic rings. The monoisotopic (exact) mass is 374 g/mol. The van der Waals surface area contributed by atoms with E-state index in [0.29, 0.717) is 11.5 Å². The SMILES string of the molecule is COc1ccc(C(Nc2cccc[nH+]2)c2c(C)[nH]c3ccccc23)cc1OC. The maximum atomic E-state index is 5.54. The van der Waals surface area contributed by atoms with Crippen molar-refractivity contribution in [2.75, 3.05) is 19.5 Å². The third-order valence-corrected chi connectivity index (χ3v) is 4.98. The molecule has 5 nitrogen and oxygen atoms in total. The van der Waals surface area contributed by atoms with Gasteiger partial charge < -0.3 is 14.5 Å². The number of aryl methyl sites for hydroxylation is 1. The van der Waals surface area contributed by atoms with Gasteiger partial charge in [0.15, 0.2) is 11.5 Å². The molecular formula is C23H24N3O2+. The number of nitrogens with one attached hydrogen (secondary N) is 3. The minimum Gasteiger partial charge on any atom is -0.493 e. The van der Waals surface area contributed by atoms with E-state index in [1.807, 2.05) is 42.6 Å². The number of hydrogen-bond acceptors (Lipinski definition) is 3. The van der Waals surface area contributed by atoms with Gasteiger partial charge in [-0.3, -0.25) is 5.32 Å². The number of H-pyrrole nitrogens is 2. The highest BCUT2D eigenvalue weighted by atomic mass is 16.5. The second-order valence-corrected chi connectivity index (χ2v) is 6.68. The molecule has 1 atom stereocenters. The van der Waals surface area contributed by atoms with Crippen LogP contribution in [0.5, 0.6) is 11.5 Å². The largest absolute Gasteiger partial charge is 0.493 e. The number of para-hydroxylation sites is 1. The van der Waals surface area contributed by atoms with Gasteiger partial charge in [-0.1, -0.05) is 30.3 Å². The fourth-order valence-electron chi connectivity index (χ4n) is 3.66. The van der Waals surface area contributed by atoms with Crippen molar-refractivity contribution in [1.29, 1.82) is 0 Å². The van der Waals surface area contributed by atoms with E-state index >= 15 is 0 Å². The molecule has 3 N–H and O–H groups in total. The Morgan fingerprint density at radius 3 is 2.46 bits per heavy atom. The smallest absolute Gasteiger partial charge is 0.272 e. The van der Waals surface area contributed by atoms with Crippen molar-refractivity contribution in [3.8, 4) is 11.5 Å². The van der Waals surface area contributed by atoms with Crippen LogP contribution in [0.2, 0.25) is 0 Å². The van der Waals surface area contributed by atoms with E-state index in [0.717, 1.165) is 22.6 Å². The van der Waals surface area contributed by atoms with Crippen LogP contribution in [-0.4, -0.2) is 19.2 Å². The Morgan fingerprint density at radius 1 is 0.929 bits per heavy atom. The Labute approximate surface area is 164 Å². The number of aromatic nitrogens is 2. The molecule has 142 valence electrons. The number of ether oxygens (including phenoxy) is 2. The van der Waals surface area contributed by atoms with Crippen LogP contribution in [0.25, 0.3) is 10.9 Å². The van der Waals surface area contributed by atoms with Crippen LogP contribution in [0, 0.1) is 6.92 Å². The van der Waals surface area contributed by atoms with E-state index < -0.39 is 0 Å². The van der Waals surface area contributed by atoms with E-state index in [-0.39, 0.29) is 6.04 Å². The predicted octanol–water partition coefficient (Wildman–Crippen LogP) is 4.51. The van der Waals surface area contributed by atoms with Gasteiger partial charge in [0, 0.05) is 33.8 Å². The number of anilines is 1. The maximum Gasteiger partial charge on any atom is 0.272 e. The lowest BCUT2D eigenvalue weighted by molar-refractivity contribution is -0.361. The van der Waals surface area contributed by atoms with Crippen molar-refractivity contribution in [3.63, 3.8) is 0 Å². The number of pyridine rings is 1. The number of methoxy groups -OCH3 is 2. The molecule has 2 aromatic heterocycles. The zero-order valence-corrected chi connectivity index (χ0v) is 16.2. The summed E-state index contributed by atoms with van der Waals surface area (Å²) >= 11 is 0. The van der Waals surface area contributed by atoms with Gasteiger partial charge in [0.1, 0.15) is 6.04 Å². The number of rotatable bonds is 6. The van der Waals surface area contributed by atoms with E-state index in [9.17, 15) is 0 Å². The first-order valence-corrected chi connectivity index (χ1v) is 9.23. The average Bonchev–Trinajstić information content (AvgIpc) is 3.08. The van der Waals surface area contributed by atoms with Crippen LogP contribution in [-0.2, 0) is 0 Å². The van der Waals surface area contributed by atoms with E-state index in [1.165, 1.54) is 10.9 Å². The van der Waals surface area contributed by atoms with Crippen molar-refractivity contribution < 1.29 is 14.5 Å². The van der Waals surface area contributed by atoms with Crippen molar-refractivity contribution in [1.82, 2.24) is 4.98 Å². The molecule has 5 heteroatoms. The van der Waals surface area contributed by atoms with Gasteiger partial charge in [-0.25, -0.2) is 4.98 Å². The topological polar surface area (TPSA) is 60.4 Å². The van der Waals surface area contributed by atoms with Crippen molar-refractivity contribution >= 4 is 16.7 Å². The molecule has 0 amide bonds. The van der Waals surface area contributed by atoms with Crippen LogP contribution in [0.15, 0.2) is 66.9 Å². The Hall–Kier alpha value is -3.47. The molecule has 0 aliphatic heterocycles. The average molecular weight is 374 g/mol. The van der Waals surface area contributed by atoms with Crippen molar-refractivity contribution in [3.05, 3.63) is 83.7 Å². The minimum absolute atomic E-state index is 0.0744. The first-order valence-electron chi connectivity index (χ1n) is 9.23. The fraction of sp³-hybridized carbons (Fsp3) is 0.174. The van der Waals surface area contributed by atoms with Crippen LogP contribution >= 0.6 is 0 Å². The van der Waals surface area contributed by atoms with Gasteiger partial charge in [0.05, 0.1) is 20.4 Å². The van der Waals surface area contributed by atoms with E-state index in [2.05, 4.69) is 46.5 Å². The summed E-state index contributed by atoms with van der Waals surface area (Å²) in [5.41, 5.74) is 4.55. The highest BCUT2D eigenvalue weighted by Gasteiger charge is 2.26. The third-order valence-electron chi connectivity index (χ3n) is 4.98. The van der Waals surface area contributed by atoms with Crippen molar-refractivity contribution in [2.24, 2.45) is 0 Å². The Balaban J connectivity index is 1.88. The van der Waals surface area contributed by atoms with E-state index in [1.54, 1.807) is 14.2 Å². The normalized spacial score (nSPS) is 12.0. The molecule has 0 saturated carbocycles. The van der Waals surface area contributed by atoms with Gasteiger partial charge in [-0.2, -0.15) is 0 Å². The van der Waals surface area contributed by atoms with Crippen LogP contribution in [0.1, 0.15) is 22.9 Å². The highest BCUT2D eigenvalue weighted by molar-refractivity contribution is 5.86. The molecule has 28 heavy (non-hydrogen) atoms. The first-order chi connectivity index (χ1) is 13.7. The summed E-state index contributed by atoms with van der Waals surface area (Å²) in [6, 6.07) is 20.3. The molecule has 0 fully saturated rings. The van der Waals surface area contributed by atoms with Crippen molar-refractivity contribution in [2.45, 2.75) is 13.0 Å². The maximum absolute atomic E-state index is 5.54. The number of aromatic amines is 2. The number of benzene rings is 2. The quantitative estimate of drug-likeness (QED) is 0.522. The first kappa shape index (κ1) is 17.9. The molecule has 4 rings (SSSR count). The molecule has 0 saturated heterocycles. The highest BCUT2D eigenvalue weighted by Crippen LogP contribution is 2.37. The molecule has 0 aliphatic rings. The second kappa shape index (κ2) is 7.64. The van der Waals surface area contributed by atoms with Gasteiger partial charge in [-0.05, 0) is 31.2 Å². The Bertz CT molecular complexity index is 1090. The summed E-state index contributed by atoms with van der Waals surface area (Å²) in [5.74, 6) is 2.36. The molecule has 0 bridgehead atoms. The molecule has 2 heterocycles. The van der Waals surface area contributed by atoms with Gasteiger partial charge in [-0.15, -0.1) is 0 Å². The molecule has 1 unspecified atom stereocenters. The van der Waals surface area contributed by atoms with Gasteiger partial charge in [0.25, 0.3) is 5.82 Å². The van der Waals surface area contributed by atoms with E-state index in [4.69, 9.17) is 9.47 Å². The standard InChI is InChI=1S/C23H23N3O2/c1-15-22(17-8-4-5-9-18(17)25-15)23(26-21-10-6-7-13-24-21)16-11-12-19(27-2)20(14-16)28-3/h4-14,23,25H,1-3H3,(H,24,26)/p+1. The fourth-order valence-corrected chi connectivity index (χ4v) is 3.66. The summed E-state index contributed by atoms with van der Waals surface area (Å²) in [7, 11) is 3.31.